The summed E-state index contributed by atoms with van der Waals surface area (Å²) < 4.78 is 0. The van der Waals surface area contributed by atoms with Gasteiger partial charge in [-0.2, -0.15) is 4.98 Å². The number of aromatic nitrogens is 2. The van der Waals surface area contributed by atoms with E-state index in [-0.39, 0.29) is 12.6 Å². The van der Waals surface area contributed by atoms with E-state index in [0.29, 0.717) is 5.95 Å². The Balaban J connectivity index is 1.83. The number of rotatable bonds is 4. The molecule has 5 heteroatoms. The van der Waals surface area contributed by atoms with Crippen LogP contribution in [-0.4, -0.2) is 34.3 Å². The Bertz CT molecular complexity index is 659. The van der Waals surface area contributed by atoms with Gasteiger partial charge in [0.15, 0.2) is 0 Å². The number of aliphatic hydroxyl groups excluding tert-OH is 1. The van der Waals surface area contributed by atoms with Crippen molar-refractivity contribution < 1.29 is 5.11 Å². The van der Waals surface area contributed by atoms with Gasteiger partial charge in [0.2, 0.25) is 5.95 Å². The maximum Gasteiger partial charge on any atom is 0.225 e. The fraction of sp³-hybridized carbons (Fsp3) is 0.412. The number of hydrogen-bond donors (Lipinski definition) is 2. The van der Waals surface area contributed by atoms with Crippen molar-refractivity contribution in [1.29, 1.82) is 0 Å². The van der Waals surface area contributed by atoms with Gasteiger partial charge in [-0.3, -0.25) is 0 Å². The molecule has 2 N–H and O–H groups in total. The quantitative estimate of drug-likeness (QED) is 0.905. The van der Waals surface area contributed by atoms with Gasteiger partial charge in [0, 0.05) is 30.9 Å². The maximum absolute atomic E-state index is 9.16. The van der Waals surface area contributed by atoms with Crippen LogP contribution in [0.2, 0.25) is 0 Å². The van der Waals surface area contributed by atoms with Crippen LogP contribution in [0.1, 0.15) is 23.7 Å². The number of nitrogens with one attached hydrogen (secondary N) is 1. The Kier molecular flexibility index (Phi) is 4.24. The summed E-state index contributed by atoms with van der Waals surface area (Å²) >= 11 is 0. The molecule has 1 atom stereocenters. The number of benzene rings is 1. The topological polar surface area (TPSA) is 61.3 Å². The smallest absolute Gasteiger partial charge is 0.225 e. The molecule has 0 radical (unpaired) electrons. The Morgan fingerprint density at radius 3 is 2.82 bits per heavy atom. The van der Waals surface area contributed by atoms with Crippen molar-refractivity contribution >= 4 is 11.8 Å². The second kappa shape index (κ2) is 6.32. The number of fused-ring (bicyclic) bond motifs is 1. The molecule has 1 aliphatic heterocycles. The normalized spacial score (nSPS) is 15.3. The zero-order chi connectivity index (χ0) is 15.5. The summed E-state index contributed by atoms with van der Waals surface area (Å²) in [5.74, 6) is 1.52. The van der Waals surface area contributed by atoms with Crippen molar-refractivity contribution in [3.8, 4) is 0 Å². The van der Waals surface area contributed by atoms with Gasteiger partial charge in [-0.15, -0.1) is 0 Å². The lowest BCUT2D eigenvalue weighted by Crippen LogP contribution is -2.31. The molecule has 0 unspecified atom stereocenters. The van der Waals surface area contributed by atoms with E-state index >= 15 is 0 Å². The number of hydrogen-bond acceptors (Lipinski definition) is 5. The third-order valence-electron chi connectivity index (χ3n) is 3.94. The fourth-order valence-corrected chi connectivity index (χ4v) is 2.74. The Labute approximate surface area is 131 Å². The van der Waals surface area contributed by atoms with Gasteiger partial charge >= 0.3 is 0 Å². The van der Waals surface area contributed by atoms with Crippen LogP contribution in [0.15, 0.2) is 30.3 Å². The Morgan fingerprint density at radius 1 is 1.27 bits per heavy atom. The number of anilines is 2. The number of aryl methyl sites for hydroxylation is 1. The van der Waals surface area contributed by atoms with Gasteiger partial charge in [0.25, 0.3) is 0 Å². The molecule has 5 nitrogen and oxygen atoms in total. The van der Waals surface area contributed by atoms with Crippen LogP contribution in [0.5, 0.6) is 0 Å². The molecule has 3 rings (SSSR count). The molecule has 0 saturated carbocycles. The summed E-state index contributed by atoms with van der Waals surface area (Å²) in [4.78, 5) is 11.3. The first-order chi connectivity index (χ1) is 10.7. The van der Waals surface area contributed by atoms with Gasteiger partial charge in [-0.05, 0) is 31.4 Å². The van der Waals surface area contributed by atoms with Crippen LogP contribution in [0, 0.1) is 6.92 Å². The zero-order valence-corrected chi connectivity index (χ0v) is 13.1. The molecule has 116 valence electrons. The monoisotopic (exact) mass is 298 g/mol. The fourth-order valence-electron chi connectivity index (χ4n) is 2.74. The van der Waals surface area contributed by atoms with Crippen molar-refractivity contribution in [2.24, 2.45) is 0 Å². The molecule has 2 aromatic rings. The largest absolute Gasteiger partial charge is 0.394 e. The van der Waals surface area contributed by atoms with E-state index in [1.54, 1.807) is 0 Å². The summed E-state index contributed by atoms with van der Waals surface area (Å²) in [6.45, 7) is 5.77. The third kappa shape index (κ3) is 3.20. The molecular formula is C17H22N4O. The molecule has 2 heterocycles. The molecule has 1 aromatic heterocycles. The van der Waals surface area contributed by atoms with Crippen LogP contribution in [0.3, 0.4) is 0 Å². The highest BCUT2D eigenvalue weighted by atomic mass is 16.3. The van der Waals surface area contributed by atoms with Gasteiger partial charge < -0.3 is 15.3 Å². The first-order valence-electron chi connectivity index (χ1n) is 7.70. The molecule has 0 bridgehead atoms. The number of aliphatic hydroxyl groups is 1. The standard InChI is InChI=1S/C17H22N4O/c1-12-9-16(20-17(18-12)19-13(2)11-22)21-8-7-14-5-3-4-6-15(14)10-21/h3-6,9,13,22H,7-8,10-11H2,1-2H3,(H,18,19,20)/t13-/m1/s1. The minimum Gasteiger partial charge on any atom is -0.394 e. The molecular weight excluding hydrogens is 276 g/mol. The van der Waals surface area contributed by atoms with E-state index in [1.165, 1.54) is 11.1 Å². The van der Waals surface area contributed by atoms with Crippen molar-refractivity contribution in [2.75, 3.05) is 23.4 Å². The summed E-state index contributed by atoms with van der Waals surface area (Å²) in [5, 5.41) is 12.3. The van der Waals surface area contributed by atoms with Crippen LogP contribution >= 0.6 is 0 Å². The zero-order valence-electron chi connectivity index (χ0n) is 13.1. The predicted molar refractivity (Wildman–Crippen MR) is 88.1 cm³/mol. The van der Waals surface area contributed by atoms with Crippen molar-refractivity contribution in [2.45, 2.75) is 32.9 Å². The van der Waals surface area contributed by atoms with Crippen LogP contribution < -0.4 is 10.2 Å². The molecule has 0 fully saturated rings. The molecule has 22 heavy (non-hydrogen) atoms. The van der Waals surface area contributed by atoms with Crippen molar-refractivity contribution in [3.63, 3.8) is 0 Å². The summed E-state index contributed by atoms with van der Waals surface area (Å²) in [5.41, 5.74) is 3.72. The average Bonchev–Trinajstić information content (AvgIpc) is 2.53. The average molecular weight is 298 g/mol. The molecule has 1 aliphatic rings. The van der Waals surface area contributed by atoms with Gasteiger partial charge in [0.05, 0.1) is 6.61 Å². The van der Waals surface area contributed by atoms with Crippen LogP contribution in [0.4, 0.5) is 11.8 Å². The summed E-state index contributed by atoms with van der Waals surface area (Å²) in [6.07, 6.45) is 1.04. The number of nitrogens with zero attached hydrogens (tertiary/aromatic N) is 3. The summed E-state index contributed by atoms with van der Waals surface area (Å²) in [6, 6.07) is 10.5. The van der Waals surface area contributed by atoms with Gasteiger partial charge in [-0.1, -0.05) is 24.3 Å². The first kappa shape index (κ1) is 14.8. The van der Waals surface area contributed by atoms with Crippen LogP contribution in [0.25, 0.3) is 0 Å². The van der Waals surface area contributed by atoms with Crippen molar-refractivity contribution in [3.05, 3.63) is 47.2 Å². The highest BCUT2D eigenvalue weighted by Crippen LogP contribution is 2.24. The first-order valence-corrected chi connectivity index (χ1v) is 7.70. The lowest BCUT2D eigenvalue weighted by molar-refractivity contribution is 0.281. The second-order valence-corrected chi connectivity index (χ2v) is 5.86. The highest BCUT2D eigenvalue weighted by Gasteiger charge is 2.18. The van der Waals surface area contributed by atoms with Gasteiger partial charge in [0.1, 0.15) is 5.82 Å². The minimum atomic E-state index is -0.0586. The van der Waals surface area contributed by atoms with E-state index in [2.05, 4.69) is 44.5 Å². The molecule has 0 aliphatic carbocycles. The maximum atomic E-state index is 9.16. The highest BCUT2D eigenvalue weighted by molar-refractivity contribution is 5.48. The lowest BCUT2D eigenvalue weighted by Gasteiger charge is -2.30. The SMILES string of the molecule is Cc1cc(N2CCc3ccccc3C2)nc(N[C@H](C)CO)n1. The van der Waals surface area contributed by atoms with E-state index in [4.69, 9.17) is 5.11 Å². The Morgan fingerprint density at radius 2 is 2.05 bits per heavy atom. The van der Waals surface area contributed by atoms with E-state index in [0.717, 1.165) is 31.0 Å². The Hall–Kier alpha value is -2.14. The van der Waals surface area contributed by atoms with E-state index in [9.17, 15) is 0 Å². The lowest BCUT2D eigenvalue weighted by atomic mass is 10.00. The summed E-state index contributed by atoms with van der Waals surface area (Å²) in [7, 11) is 0. The van der Waals surface area contributed by atoms with E-state index in [1.807, 2.05) is 19.9 Å². The van der Waals surface area contributed by atoms with Gasteiger partial charge in [-0.25, -0.2) is 4.98 Å². The predicted octanol–water partition coefficient (Wildman–Crippen LogP) is 2.14. The van der Waals surface area contributed by atoms with Crippen molar-refractivity contribution in [1.82, 2.24) is 9.97 Å². The second-order valence-electron chi connectivity index (χ2n) is 5.86. The molecule has 0 spiro atoms. The third-order valence-corrected chi connectivity index (χ3v) is 3.94. The minimum absolute atomic E-state index is 0.0586. The molecule has 0 amide bonds. The molecule has 1 aromatic carbocycles. The van der Waals surface area contributed by atoms with E-state index < -0.39 is 0 Å². The van der Waals surface area contributed by atoms with Crippen LogP contribution in [-0.2, 0) is 13.0 Å². The molecule has 0 saturated heterocycles.